The van der Waals surface area contributed by atoms with E-state index in [2.05, 4.69) is 22.9 Å². The number of carbonyl (C=O) groups is 6. The molecule has 8 N–H and O–H groups in total. The highest BCUT2D eigenvalue weighted by molar-refractivity contribution is 5.95. The van der Waals surface area contributed by atoms with Crippen LogP contribution in [0.4, 0.5) is 0 Å². The highest BCUT2D eigenvalue weighted by Crippen LogP contribution is 2.11. The van der Waals surface area contributed by atoms with Gasteiger partial charge < -0.3 is 37.3 Å². The second-order valence-electron chi connectivity index (χ2n) is 10.5. The van der Waals surface area contributed by atoms with Crippen molar-refractivity contribution in [3.63, 3.8) is 0 Å². The Labute approximate surface area is 231 Å². The molecule has 0 aliphatic heterocycles. The number of nitrogens with two attached hydrogens (primary N) is 2. The first-order chi connectivity index (χ1) is 18.4. The number of nitrogens with one attached hydrogen (secondary N) is 3. The number of carbonyl (C=O) groups excluding carboxylic acids is 6. The summed E-state index contributed by atoms with van der Waals surface area (Å²) in [4.78, 5) is 72.5. The van der Waals surface area contributed by atoms with Gasteiger partial charge in [-0.15, -0.1) is 0 Å². The molecule has 5 amide bonds. The molecule has 0 rings (SSSR count). The summed E-state index contributed by atoms with van der Waals surface area (Å²) >= 11 is 0. The number of unbranched alkanes of at least 4 members (excludes halogenated alkanes) is 6. The number of aliphatic hydroxyl groups is 1. The molecule has 0 bridgehead atoms. The summed E-state index contributed by atoms with van der Waals surface area (Å²) in [6, 6.07) is -3.46. The van der Waals surface area contributed by atoms with Crippen molar-refractivity contribution in [2.75, 3.05) is 0 Å². The van der Waals surface area contributed by atoms with Crippen molar-refractivity contribution >= 4 is 35.8 Å². The Hall–Kier alpha value is -3.02. The Bertz CT molecular complexity index is 790. The number of rotatable bonds is 23. The predicted molar refractivity (Wildman–Crippen MR) is 147 cm³/mol. The highest BCUT2D eigenvalue weighted by atomic mass is 16.3. The lowest BCUT2D eigenvalue weighted by atomic mass is 10.0. The molecule has 0 saturated heterocycles. The van der Waals surface area contributed by atoms with Gasteiger partial charge in [0.05, 0.1) is 25.0 Å². The molecule has 39 heavy (non-hydrogen) atoms. The molecule has 0 aromatic rings. The van der Waals surface area contributed by atoms with Crippen LogP contribution < -0.4 is 27.4 Å². The van der Waals surface area contributed by atoms with E-state index >= 15 is 0 Å². The topological polar surface area (TPSA) is 211 Å². The summed E-state index contributed by atoms with van der Waals surface area (Å²) < 4.78 is 0. The average Bonchev–Trinajstić information content (AvgIpc) is 2.84. The Kier molecular flexibility index (Phi) is 19.3. The zero-order chi connectivity index (χ0) is 29.8. The fraction of sp³-hybridized carbons (Fsp3) is 0.778. The number of aliphatic hydroxyl groups excluding tert-OH is 1. The largest absolute Gasteiger partial charge is 0.393 e. The van der Waals surface area contributed by atoms with Gasteiger partial charge in [-0.3, -0.25) is 24.0 Å². The third-order valence-electron chi connectivity index (χ3n) is 6.15. The summed E-state index contributed by atoms with van der Waals surface area (Å²) in [5, 5.41) is 17.6. The van der Waals surface area contributed by atoms with E-state index in [1.54, 1.807) is 0 Å². The summed E-state index contributed by atoms with van der Waals surface area (Å²) in [6.07, 6.45) is 6.76. The van der Waals surface area contributed by atoms with Crippen LogP contribution in [0.5, 0.6) is 0 Å². The number of amides is 5. The normalized spacial score (nSPS) is 14.1. The second-order valence-corrected chi connectivity index (χ2v) is 10.5. The zero-order valence-electron chi connectivity index (χ0n) is 23.7. The number of primary amides is 2. The van der Waals surface area contributed by atoms with Crippen LogP contribution in [0.1, 0.15) is 104 Å². The first kappa shape index (κ1) is 36.0. The van der Waals surface area contributed by atoms with Gasteiger partial charge in [0.15, 0.2) is 0 Å². The highest BCUT2D eigenvalue weighted by Gasteiger charge is 2.29. The van der Waals surface area contributed by atoms with Gasteiger partial charge in [0, 0.05) is 6.42 Å². The minimum absolute atomic E-state index is 0.107. The van der Waals surface area contributed by atoms with E-state index in [0.29, 0.717) is 19.1 Å². The lowest BCUT2D eigenvalue weighted by Gasteiger charge is -2.24. The molecule has 224 valence electrons. The van der Waals surface area contributed by atoms with Gasteiger partial charge in [-0.1, -0.05) is 65.7 Å². The van der Waals surface area contributed by atoms with Crippen LogP contribution in [0, 0.1) is 5.92 Å². The first-order valence-electron chi connectivity index (χ1n) is 14.0. The molecule has 0 radical (unpaired) electrons. The fourth-order valence-corrected chi connectivity index (χ4v) is 4.08. The van der Waals surface area contributed by atoms with Gasteiger partial charge in [-0.05, 0) is 25.2 Å². The minimum Gasteiger partial charge on any atom is -0.393 e. The SMILES string of the molecule is CCCCCCCCC[C@@H](O)CC(=O)N[C@@H](CC(N)=O)C(=O)N[C@@H](CCC(N)=O)C(=O)N[C@@H](C=O)CC(C)C. The smallest absolute Gasteiger partial charge is 0.243 e. The van der Waals surface area contributed by atoms with Crippen LogP contribution in [0.15, 0.2) is 0 Å². The van der Waals surface area contributed by atoms with Crippen molar-refractivity contribution in [1.29, 1.82) is 0 Å². The molecule has 0 aromatic heterocycles. The lowest BCUT2D eigenvalue weighted by Crippen LogP contribution is -2.56. The van der Waals surface area contributed by atoms with E-state index in [-0.39, 0.29) is 25.2 Å². The maximum atomic E-state index is 12.9. The van der Waals surface area contributed by atoms with Crippen LogP contribution in [0.2, 0.25) is 0 Å². The van der Waals surface area contributed by atoms with Crippen molar-refractivity contribution in [2.24, 2.45) is 17.4 Å². The lowest BCUT2D eigenvalue weighted by molar-refractivity contribution is -0.134. The van der Waals surface area contributed by atoms with E-state index in [4.69, 9.17) is 11.5 Å². The van der Waals surface area contributed by atoms with Crippen molar-refractivity contribution in [3.8, 4) is 0 Å². The van der Waals surface area contributed by atoms with E-state index < -0.39 is 60.2 Å². The molecule has 12 heteroatoms. The van der Waals surface area contributed by atoms with Crippen LogP contribution in [0.25, 0.3) is 0 Å². The third-order valence-corrected chi connectivity index (χ3v) is 6.15. The predicted octanol–water partition coefficient (Wildman–Crippen LogP) is 0.718. The summed E-state index contributed by atoms with van der Waals surface area (Å²) in [7, 11) is 0. The molecular formula is C27H49N5O7. The van der Waals surface area contributed by atoms with Crippen LogP contribution in [-0.2, 0) is 28.8 Å². The zero-order valence-corrected chi connectivity index (χ0v) is 23.7. The Balaban J connectivity index is 5.12. The average molecular weight is 556 g/mol. The maximum absolute atomic E-state index is 12.9. The van der Waals surface area contributed by atoms with Crippen molar-refractivity contribution < 1.29 is 33.9 Å². The number of aldehydes is 1. The van der Waals surface area contributed by atoms with Gasteiger partial charge in [-0.25, -0.2) is 0 Å². The van der Waals surface area contributed by atoms with Crippen LogP contribution >= 0.6 is 0 Å². The fourth-order valence-electron chi connectivity index (χ4n) is 4.08. The number of hydrogen-bond donors (Lipinski definition) is 6. The Morgan fingerprint density at radius 2 is 1.36 bits per heavy atom. The monoisotopic (exact) mass is 555 g/mol. The van der Waals surface area contributed by atoms with E-state index in [1.807, 2.05) is 13.8 Å². The quantitative estimate of drug-likeness (QED) is 0.0784. The summed E-state index contributed by atoms with van der Waals surface area (Å²) in [5.74, 6) is -3.70. The van der Waals surface area contributed by atoms with Crippen molar-refractivity contribution in [3.05, 3.63) is 0 Å². The summed E-state index contributed by atoms with van der Waals surface area (Å²) in [6.45, 7) is 5.90. The summed E-state index contributed by atoms with van der Waals surface area (Å²) in [5.41, 5.74) is 10.4. The molecular weight excluding hydrogens is 506 g/mol. The molecule has 0 fully saturated rings. The molecule has 0 unspecified atom stereocenters. The van der Waals surface area contributed by atoms with Crippen LogP contribution in [-0.4, -0.2) is 65.2 Å². The van der Waals surface area contributed by atoms with E-state index in [9.17, 15) is 33.9 Å². The molecule has 0 aliphatic carbocycles. The molecule has 0 aliphatic rings. The minimum atomic E-state index is -1.40. The Morgan fingerprint density at radius 3 is 1.90 bits per heavy atom. The van der Waals surface area contributed by atoms with E-state index in [1.165, 1.54) is 19.3 Å². The second kappa shape index (κ2) is 20.9. The van der Waals surface area contributed by atoms with Gasteiger partial charge >= 0.3 is 0 Å². The van der Waals surface area contributed by atoms with Crippen molar-refractivity contribution in [2.45, 2.75) is 128 Å². The van der Waals surface area contributed by atoms with Gasteiger partial charge in [0.2, 0.25) is 29.5 Å². The molecule has 4 atom stereocenters. The standard InChI is InChI=1S/C27H49N5O7/c1-4-5-6-7-8-9-10-11-20(34)15-25(37)31-22(16-24(29)36)27(39)32-21(12-13-23(28)35)26(38)30-19(17-33)14-18(2)3/h17-22,34H,4-16H2,1-3H3,(H2,28,35)(H2,29,36)(H,30,38)(H,31,37)(H,32,39)/t19-,20-,21+,22+/m1/s1. The number of hydrogen-bond acceptors (Lipinski definition) is 7. The van der Waals surface area contributed by atoms with Gasteiger partial charge in [-0.2, -0.15) is 0 Å². The maximum Gasteiger partial charge on any atom is 0.243 e. The first-order valence-corrected chi connectivity index (χ1v) is 14.0. The Morgan fingerprint density at radius 1 is 0.769 bits per heavy atom. The van der Waals surface area contributed by atoms with Gasteiger partial charge in [0.1, 0.15) is 18.4 Å². The van der Waals surface area contributed by atoms with Gasteiger partial charge in [0.25, 0.3) is 0 Å². The van der Waals surface area contributed by atoms with E-state index in [0.717, 1.165) is 25.7 Å². The molecule has 0 heterocycles. The molecule has 12 nitrogen and oxygen atoms in total. The molecule has 0 aromatic carbocycles. The third kappa shape index (κ3) is 18.8. The van der Waals surface area contributed by atoms with Crippen molar-refractivity contribution in [1.82, 2.24) is 16.0 Å². The van der Waals surface area contributed by atoms with Crippen LogP contribution in [0.3, 0.4) is 0 Å². The molecule has 0 saturated carbocycles. The molecule has 0 spiro atoms.